The third-order valence-electron chi connectivity index (χ3n) is 4.28. The highest BCUT2D eigenvalue weighted by Gasteiger charge is 2.21. The van der Waals surface area contributed by atoms with Crippen molar-refractivity contribution in [3.05, 3.63) is 40.7 Å². The Morgan fingerprint density at radius 3 is 2.74 bits per heavy atom. The van der Waals surface area contributed by atoms with E-state index in [1.165, 1.54) is 24.1 Å². The number of aryl methyl sites for hydroxylation is 3. The number of fused-ring (bicyclic) bond motifs is 1. The lowest BCUT2D eigenvalue weighted by atomic mass is 9.96. The van der Waals surface area contributed by atoms with Crippen LogP contribution in [0.4, 0.5) is 5.82 Å². The molecule has 5 nitrogen and oxygen atoms in total. The predicted molar refractivity (Wildman–Crippen MR) is 89.8 cm³/mol. The van der Waals surface area contributed by atoms with Gasteiger partial charge in [-0.15, -0.1) is 0 Å². The molecule has 5 heteroatoms. The van der Waals surface area contributed by atoms with Crippen molar-refractivity contribution in [1.82, 2.24) is 9.97 Å². The Hall–Kier alpha value is -1.88. The molecule has 2 aromatic heterocycles. The molecule has 0 aliphatic heterocycles. The van der Waals surface area contributed by atoms with E-state index in [2.05, 4.69) is 9.88 Å². The number of hydrogen-bond donors (Lipinski definition) is 0. The van der Waals surface area contributed by atoms with Gasteiger partial charge >= 0.3 is 0 Å². The molecule has 0 spiro atoms. The fraction of sp³-hybridized carbons (Fsp3) is 0.556. The Morgan fingerprint density at radius 1 is 1.17 bits per heavy atom. The average molecular weight is 315 g/mol. The molecule has 0 aromatic carbocycles. The zero-order valence-corrected chi connectivity index (χ0v) is 14.3. The molecular weight excluding hydrogens is 290 g/mol. The van der Waals surface area contributed by atoms with Gasteiger partial charge in [0.15, 0.2) is 0 Å². The molecule has 0 bridgehead atoms. The van der Waals surface area contributed by atoms with Crippen LogP contribution in [0.15, 0.2) is 16.5 Å². The molecule has 0 amide bonds. The van der Waals surface area contributed by atoms with Crippen molar-refractivity contribution in [1.29, 1.82) is 0 Å². The summed E-state index contributed by atoms with van der Waals surface area (Å²) in [7, 11) is 1.73. The number of ether oxygens (including phenoxy) is 1. The second-order valence-electron chi connectivity index (χ2n) is 6.15. The second-order valence-corrected chi connectivity index (χ2v) is 6.15. The van der Waals surface area contributed by atoms with Gasteiger partial charge in [-0.1, -0.05) is 0 Å². The number of anilines is 1. The number of rotatable bonds is 6. The van der Waals surface area contributed by atoms with Crippen molar-refractivity contribution in [3.8, 4) is 0 Å². The highest BCUT2D eigenvalue weighted by atomic mass is 16.5. The average Bonchev–Trinajstić information content (AvgIpc) is 2.95. The summed E-state index contributed by atoms with van der Waals surface area (Å²) in [4.78, 5) is 11.7. The predicted octanol–water partition coefficient (Wildman–Crippen LogP) is 3.22. The van der Waals surface area contributed by atoms with E-state index in [4.69, 9.17) is 14.1 Å². The molecule has 2 heterocycles. The summed E-state index contributed by atoms with van der Waals surface area (Å²) in [5.74, 6) is 3.80. The van der Waals surface area contributed by atoms with Crippen LogP contribution in [0.5, 0.6) is 0 Å². The van der Waals surface area contributed by atoms with E-state index in [9.17, 15) is 0 Å². The number of aromatic nitrogens is 2. The summed E-state index contributed by atoms with van der Waals surface area (Å²) in [6.07, 6.45) is 4.55. The fourth-order valence-corrected chi connectivity index (χ4v) is 3.18. The molecule has 1 aliphatic rings. The Bertz CT molecular complexity index is 666. The number of furan rings is 1. The van der Waals surface area contributed by atoms with Crippen LogP contribution in [0.1, 0.15) is 41.4 Å². The van der Waals surface area contributed by atoms with Crippen LogP contribution < -0.4 is 4.90 Å². The van der Waals surface area contributed by atoms with Crippen molar-refractivity contribution >= 4 is 5.82 Å². The van der Waals surface area contributed by atoms with Crippen LogP contribution in [-0.4, -0.2) is 30.2 Å². The standard InChI is InChI=1S/C18H25N3O2/c1-13-8-9-15(23-13)12-21(10-11-22-3)18-16-6-4-5-7-17(16)19-14(2)20-18/h8-9H,4-7,10-12H2,1-3H3. The van der Waals surface area contributed by atoms with Gasteiger partial charge in [-0.25, -0.2) is 9.97 Å². The minimum Gasteiger partial charge on any atom is -0.464 e. The van der Waals surface area contributed by atoms with Crippen molar-refractivity contribution in [3.63, 3.8) is 0 Å². The summed E-state index contributed by atoms with van der Waals surface area (Å²) in [6, 6.07) is 4.04. The maximum Gasteiger partial charge on any atom is 0.136 e. The SMILES string of the molecule is COCCN(Cc1ccc(C)o1)c1nc(C)nc2c1CCCC2. The summed E-state index contributed by atoms with van der Waals surface area (Å²) in [5.41, 5.74) is 2.53. The maximum atomic E-state index is 5.76. The third-order valence-corrected chi connectivity index (χ3v) is 4.28. The Labute approximate surface area is 137 Å². The second kappa shape index (κ2) is 7.13. The zero-order valence-electron chi connectivity index (χ0n) is 14.3. The molecule has 0 saturated heterocycles. The molecule has 124 valence electrons. The molecule has 0 fully saturated rings. The fourth-order valence-electron chi connectivity index (χ4n) is 3.18. The maximum absolute atomic E-state index is 5.76. The summed E-state index contributed by atoms with van der Waals surface area (Å²) in [6.45, 7) is 6.11. The van der Waals surface area contributed by atoms with Crippen molar-refractivity contribution in [2.45, 2.75) is 46.1 Å². The van der Waals surface area contributed by atoms with Gasteiger partial charge in [0.05, 0.1) is 13.2 Å². The number of methoxy groups -OCH3 is 1. The van der Waals surface area contributed by atoms with Gasteiger partial charge in [0.25, 0.3) is 0 Å². The monoisotopic (exact) mass is 315 g/mol. The van der Waals surface area contributed by atoms with Crippen LogP contribution in [-0.2, 0) is 24.1 Å². The Kier molecular flexibility index (Phi) is 4.96. The van der Waals surface area contributed by atoms with E-state index in [0.717, 1.165) is 42.5 Å². The topological polar surface area (TPSA) is 51.4 Å². The molecule has 3 rings (SSSR count). The first-order valence-corrected chi connectivity index (χ1v) is 8.33. The van der Waals surface area contributed by atoms with E-state index >= 15 is 0 Å². The molecule has 1 aliphatic carbocycles. The van der Waals surface area contributed by atoms with E-state index in [1.807, 2.05) is 26.0 Å². The molecule has 0 saturated carbocycles. The summed E-state index contributed by atoms with van der Waals surface area (Å²) >= 11 is 0. The molecule has 0 unspecified atom stereocenters. The van der Waals surface area contributed by atoms with Gasteiger partial charge in [0, 0.05) is 24.9 Å². The first-order chi connectivity index (χ1) is 11.2. The molecule has 0 atom stereocenters. The Balaban J connectivity index is 1.93. The molecule has 23 heavy (non-hydrogen) atoms. The molecule has 0 radical (unpaired) electrons. The van der Waals surface area contributed by atoms with Gasteiger partial charge in [-0.05, 0) is 51.7 Å². The lowest BCUT2D eigenvalue weighted by molar-refractivity contribution is 0.204. The lowest BCUT2D eigenvalue weighted by Gasteiger charge is -2.28. The van der Waals surface area contributed by atoms with Crippen molar-refractivity contribution in [2.75, 3.05) is 25.2 Å². The van der Waals surface area contributed by atoms with Gasteiger partial charge in [-0.3, -0.25) is 0 Å². The van der Waals surface area contributed by atoms with Crippen LogP contribution in [0.3, 0.4) is 0 Å². The van der Waals surface area contributed by atoms with E-state index in [1.54, 1.807) is 7.11 Å². The van der Waals surface area contributed by atoms with Crippen LogP contribution in [0.25, 0.3) is 0 Å². The van der Waals surface area contributed by atoms with Crippen molar-refractivity contribution < 1.29 is 9.15 Å². The Morgan fingerprint density at radius 2 is 2.00 bits per heavy atom. The van der Waals surface area contributed by atoms with Gasteiger partial charge in [0.2, 0.25) is 0 Å². The minimum absolute atomic E-state index is 0.664. The van der Waals surface area contributed by atoms with Gasteiger partial charge < -0.3 is 14.1 Å². The first-order valence-electron chi connectivity index (χ1n) is 8.33. The normalized spacial score (nSPS) is 13.9. The first kappa shape index (κ1) is 16.0. The van der Waals surface area contributed by atoms with Crippen LogP contribution >= 0.6 is 0 Å². The van der Waals surface area contributed by atoms with Gasteiger partial charge in [-0.2, -0.15) is 0 Å². The van der Waals surface area contributed by atoms with Crippen LogP contribution in [0.2, 0.25) is 0 Å². The molecule has 0 N–H and O–H groups in total. The smallest absolute Gasteiger partial charge is 0.136 e. The number of nitrogens with zero attached hydrogens (tertiary/aromatic N) is 3. The third kappa shape index (κ3) is 3.72. The summed E-state index contributed by atoms with van der Waals surface area (Å²) in [5, 5.41) is 0. The van der Waals surface area contributed by atoms with E-state index in [-0.39, 0.29) is 0 Å². The summed E-state index contributed by atoms with van der Waals surface area (Å²) < 4.78 is 11.1. The van der Waals surface area contributed by atoms with Crippen LogP contribution in [0, 0.1) is 13.8 Å². The lowest BCUT2D eigenvalue weighted by Crippen LogP contribution is -2.30. The van der Waals surface area contributed by atoms with E-state index in [0.29, 0.717) is 13.2 Å². The number of hydrogen-bond acceptors (Lipinski definition) is 5. The highest BCUT2D eigenvalue weighted by molar-refractivity contribution is 5.50. The van der Waals surface area contributed by atoms with Crippen molar-refractivity contribution in [2.24, 2.45) is 0 Å². The van der Waals surface area contributed by atoms with E-state index < -0.39 is 0 Å². The molecular formula is C18H25N3O2. The minimum atomic E-state index is 0.664. The molecule has 2 aromatic rings. The quantitative estimate of drug-likeness (QED) is 0.819. The van der Waals surface area contributed by atoms with Gasteiger partial charge in [0.1, 0.15) is 23.2 Å². The zero-order chi connectivity index (χ0) is 16.2. The largest absolute Gasteiger partial charge is 0.464 e. The highest BCUT2D eigenvalue weighted by Crippen LogP contribution is 2.29.